The van der Waals surface area contributed by atoms with Gasteiger partial charge in [-0.1, -0.05) is 34.8 Å². The van der Waals surface area contributed by atoms with Crippen LogP contribution in [0.1, 0.15) is 0 Å². The molecule has 0 aliphatic rings. The summed E-state index contributed by atoms with van der Waals surface area (Å²) in [6.45, 7) is -1.02. The zero-order valence-electron chi connectivity index (χ0n) is 9.67. The molecule has 21 heavy (non-hydrogen) atoms. The number of hydrogen-bond acceptors (Lipinski definition) is 4. The fraction of sp³-hybridized carbons (Fsp3) is 0.222. The number of sulfonamides is 1. The highest BCUT2D eigenvalue weighted by Gasteiger charge is 2.47. The summed E-state index contributed by atoms with van der Waals surface area (Å²) in [6, 6.07) is 2.31. The van der Waals surface area contributed by atoms with Gasteiger partial charge in [-0.2, -0.15) is 21.6 Å². The van der Waals surface area contributed by atoms with Gasteiger partial charge in [-0.05, 0) is 6.07 Å². The minimum atomic E-state index is -5.79. The molecule has 1 rings (SSSR count). The Balaban J connectivity index is 2.73. The molecule has 0 radical (unpaired) electrons. The molecule has 0 atom stereocenters. The molecule has 1 amide bonds. The molecule has 0 heterocycles. The molecule has 118 valence electrons. The van der Waals surface area contributed by atoms with E-state index in [2.05, 4.69) is 0 Å². The Bertz CT molecular complexity index is 663. The van der Waals surface area contributed by atoms with Gasteiger partial charge < -0.3 is 4.74 Å². The van der Waals surface area contributed by atoms with E-state index >= 15 is 0 Å². The Morgan fingerprint density at radius 2 is 1.67 bits per heavy atom. The van der Waals surface area contributed by atoms with E-state index in [0.29, 0.717) is 0 Å². The zero-order chi connectivity index (χ0) is 16.4. The third-order valence-electron chi connectivity index (χ3n) is 1.89. The molecule has 0 spiro atoms. The zero-order valence-corrected chi connectivity index (χ0v) is 12.8. The number of rotatable bonds is 4. The Morgan fingerprint density at radius 1 is 1.14 bits per heavy atom. The topological polar surface area (TPSA) is 72.5 Å². The smallest absolute Gasteiger partial charge is 0.482 e. The highest BCUT2D eigenvalue weighted by molar-refractivity contribution is 7.90. The highest BCUT2D eigenvalue weighted by atomic mass is 35.5. The lowest BCUT2D eigenvalue weighted by Crippen LogP contribution is -2.42. The summed E-state index contributed by atoms with van der Waals surface area (Å²) in [5, 5.41) is 0.0633. The summed E-state index contributed by atoms with van der Waals surface area (Å²) in [7, 11) is -5.79. The van der Waals surface area contributed by atoms with Gasteiger partial charge >= 0.3 is 15.5 Å². The number of amides is 1. The van der Waals surface area contributed by atoms with Crippen molar-refractivity contribution in [1.82, 2.24) is 4.72 Å². The van der Waals surface area contributed by atoms with Gasteiger partial charge in [-0.3, -0.25) is 4.79 Å². The number of carbonyl (C=O) groups is 1. The van der Waals surface area contributed by atoms with E-state index in [1.54, 1.807) is 0 Å². The number of nitrogens with one attached hydrogen (secondary N) is 1. The Morgan fingerprint density at radius 3 is 2.19 bits per heavy atom. The Labute approximate surface area is 132 Å². The number of alkyl halides is 3. The van der Waals surface area contributed by atoms with Gasteiger partial charge in [0.1, 0.15) is 5.75 Å². The van der Waals surface area contributed by atoms with Crippen LogP contribution >= 0.6 is 34.8 Å². The molecule has 0 saturated carbocycles. The van der Waals surface area contributed by atoms with Crippen molar-refractivity contribution < 1.29 is 31.1 Å². The van der Waals surface area contributed by atoms with E-state index in [9.17, 15) is 26.4 Å². The second-order valence-corrected chi connectivity index (χ2v) is 6.36. The molecular weight excluding hydrogens is 382 g/mol. The largest absolute Gasteiger partial charge is 0.516 e. The third kappa shape index (κ3) is 4.80. The van der Waals surface area contributed by atoms with Crippen LogP contribution in [0.15, 0.2) is 12.1 Å². The van der Waals surface area contributed by atoms with Crippen LogP contribution in [-0.2, 0) is 14.8 Å². The number of hydrogen-bond donors (Lipinski definition) is 1. The SMILES string of the molecule is O=C(COc1cc(Cl)c(Cl)cc1Cl)NS(=O)(=O)C(F)(F)F. The molecule has 0 aromatic heterocycles. The van der Waals surface area contributed by atoms with Crippen LogP contribution in [-0.4, -0.2) is 26.4 Å². The predicted octanol–water partition coefficient (Wildman–Crippen LogP) is 2.99. The van der Waals surface area contributed by atoms with E-state index in [4.69, 9.17) is 39.5 Å². The van der Waals surface area contributed by atoms with E-state index in [1.807, 2.05) is 0 Å². The Hall–Kier alpha value is -0.900. The average Bonchev–Trinajstić information content (AvgIpc) is 2.30. The summed E-state index contributed by atoms with van der Waals surface area (Å²) < 4.78 is 63.0. The van der Waals surface area contributed by atoms with E-state index in [0.717, 1.165) is 10.8 Å². The molecular formula is C9H5Cl3F3NO4S. The van der Waals surface area contributed by atoms with Crippen molar-refractivity contribution >= 4 is 50.7 Å². The number of halogens is 6. The van der Waals surface area contributed by atoms with Crippen molar-refractivity contribution in [2.75, 3.05) is 6.61 Å². The summed E-state index contributed by atoms with van der Waals surface area (Å²) >= 11 is 17.0. The summed E-state index contributed by atoms with van der Waals surface area (Å²) in [4.78, 5) is 11.1. The lowest BCUT2D eigenvalue weighted by molar-refractivity contribution is -0.121. The number of benzene rings is 1. The van der Waals surface area contributed by atoms with Crippen LogP contribution in [0.25, 0.3) is 0 Å². The number of ether oxygens (including phenoxy) is 1. The van der Waals surface area contributed by atoms with Crippen LogP contribution in [0.4, 0.5) is 13.2 Å². The van der Waals surface area contributed by atoms with Crippen molar-refractivity contribution in [3.63, 3.8) is 0 Å². The molecule has 0 fully saturated rings. The van der Waals surface area contributed by atoms with E-state index in [-0.39, 0.29) is 20.8 Å². The molecule has 0 saturated heterocycles. The van der Waals surface area contributed by atoms with Crippen molar-refractivity contribution in [1.29, 1.82) is 0 Å². The highest BCUT2D eigenvalue weighted by Crippen LogP contribution is 2.33. The maximum Gasteiger partial charge on any atom is 0.516 e. The van der Waals surface area contributed by atoms with Gasteiger partial charge in [0.2, 0.25) is 0 Å². The van der Waals surface area contributed by atoms with Crippen molar-refractivity contribution in [2.24, 2.45) is 0 Å². The lowest BCUT2D eigenvalue weighted by atomic mass is 10.3. The van der Waals surface area contributed by atoms with Crippen LogP contribution < -0.4 is 9.46 Å². The first-order valence-corrected chi connectivity index (χ1v) is 7.45. The quantitative estimate of drug-likeness (QED) is 0.808. The van der Waals surface area contributed by atoms with Gasteiger partial charge in [0.05, 0.1) is 15.1 Å². The molecule has 1 aromatic rings. The fourth-order valence-corrected chi connectivity index (χ4v) is 2.06. The van der Waals surface area contributed by atoms with Crippen LogP contribution in [0.2, 0.25) is 15.1 Å². The van der Waals surface area contributed by atoms with Crippen LogP contribution in [0, 0.1) is 0 Å². The maximum atomic E-state index is 12.0. The first-order chi connectivity index (χ1) is 9.44. The predicted molar refractivity (Wildman–Crippen MR) is 70.1 cm³/mol. The van der Waals surface area contributed by atoms with Crippen LogP contribution in [0.3, 0.4) is 0 Å². The monoisotopic (exact) mass is 385 g/mol. The fourth-order valence-electron chi connectivity index (χ4n) is 0.995. The van der Waals surface area contributed by atoms with E-state index in [1.165, 1.54) is 6.07 Å². The molecule has 0 unspecified atom stereocenters. The molecule has 1 aromatic carbocycles. The lowest BCUT2D eigenvalue weighted by Gasteiger charge is -2.11. The van der Waals surface area contributed by atoms with Gasteiger partial charge in [-0.15, -0.1) is 0 Å². The molecule has 1 N–H and O–H groups in total. The number of carbonyl (C=O) groups excluding carboxylic acids is 1. The maximum absolute atomic E-state index is 12.0. The molecule has 5 nitrogen and oxygen atoms in total. The summed E-state index contributed by atoms with van der Waals surface area (Å²) in [6.07, 6.45) is 0. The average molecular weight is 387 g/mol. The molecule has 0 aliphatic carbocycles. The molecule has 0 bridgehead atoms. The van der Waals surface area contributed by atoms with E-state index < -0.39 is 28.0 Å². The summed E-state index contributed by atoms with van der Waals surface area (Å²) in [5.41, 5.74) is -5.61. The van der Waals surface area contributed by atoms with Gasteiger partial charge in [-0.25, -0.2) is 4.72 Å². The summed E-state index contributed by atoms with van der Waals surface area (Å²) in [5.74, 6) is -1.68. The molecule has 0 aliphatic heterocycles. The first-order valence-electron chi connectivity index (χ1n) is 4.83. The van der Waals surface area contributed by atoms with Crippen molar-refractivity contribution in [3.05, 3.63) is 27.2 Å². The van der Waals surface area contributed by atoms with Crippen LogP contribution in [0.5, 0.6) is 5.75 Å². The standard InChI is InChI=1S/C9H5Cl3F3NO4S/c10-4-1-6(12)7(2-5(4)11)20-3-8(17)16-21(18,19)9(13,14)15/h1-2H,3H2,(H,16,17). The van der Waals surface area contributed by atoms with Gasteiger partial charge in [0.25, 0.3) is 5.91 Å². The minimum absolute atomic E-state index is 0.0272. The second-order valence-electron chi connectivity index (χ2n) is 3.46. The van der Waals surface area contributed by atoms with Crippen molar-refractivity contribution in [2.45, 2.75) is 5.51 Å². The minimum Gasteiger partial charge on any atom is -0.482 e. The molecule has 12 heteroatoms. The Kier molecular flexibility index (Phi) is 5.59. The second kappa shape index (κ2) is 6.47. The van der Waals surface area contributed by atoms with Gasteiger partial charge in [0.15, 0.2) is 6.61 Å². The van der Waals surface area contributed by atoms with Gasteiger partial charge in [0, 0.05) is 6.07 Å². The third-order valence-corrected chi connectivity index (χ3v) is 4.01. The first kappa shape index (κ1) is 18.1. The normalized spacial score (nSPS) is 12.1. The van der Waals surface area contributed by atoms with Crippen molar-refractivity contribution in [3.8, 4) is 5.75 Å².